The molecule has 110 valence electrons. The minimum Gasteiger partial charge on any atom is -0.538 e. The molecular weight excluding hydrogens is 353 g/mol. The number of rotatable bonds is 4. The third-order valence-corrected chi connectivity index (χ3v) is 4.44. The number of nitrogens with zero attached hydrogens (tertiary/aromatic N) is 1. The van der Waals surface area contributed by atoms with Crippen LogP contribution in [0.3, 0.4) is 0 Å². The van der Waals surface area contributed by atoms with E-state index in [2.05, 4.69) is 4.72 Å². The maximum absolute atomic E-state index is 11.9. The van der Waals surface area contributed by atoms with Crippen LogP contribution in [0.25, 0.3) is 10.8 Å². The van der Waals surface area contributed by atoms with Crippen LogP contribution in [0.4, 0.5) is 0 Å². The van der Waals surface area contributed by atoms with Crippen molar-refractivity contribution in [3.63, 3.8) is 0 Å². The smallest absolute Gasteiger partial charge is 0.538 e. The molecular formula is C14H11ClNNaO3S2. The van der Waals surface area contributed by atoms with Gasteiger partial charge < -0.3 is 9.52 Å². The van der Waals surface area contributed by atoms with Crippen LogP contribution in [0.5, 0.6) is 0 Å². The summed E-state index contributed by atoms with van der Waals surface area (Å²) in [5.41, 5.74) is 1.54. The van der Waals surface area contributed by atoms with E-state index in [1.165, 1.54) is 29.5 Å². The van der Waals surface area contributed by atoms with Gasteiger partial charge in [-0.2, -0.15) is 11.3 Å². The minimum absolute atomic E-state index is 0. The Morgan fingerprint density at radius 3 is 2.64 bits per heavy atom. The van der Waals surface area contributed by atoms with Crippen LogP contribution in [-0.2, 0) is 10.0 Å². The molecule has 0 radical (unpaired) electrons. The molecule has 0 aliphatic rings. The predicted octanol–water partition coefficient (Wildman–Crippen LogP) is 1.23. The third-order valence-electron chi connectivity index (χ3n) is 2.60. The maximum atomic E-state index is 11.9. The molecule has 0 saturated heterocycles. The van der Waals surface area contributed by atoms with Gasteiger partial charge in [0.1, 0.15) is 10.0 Å². The summed E-state index contributed by atoms with van der Waals surface area (Å²) in [4.78, 5) is 11.9. The van der Waals surface area contributed by atoms with Gasteiger partial charge in [-0.25, -0.2) is 8.42 Å². The zero-order valence-electron chi connectivity index (χ0n) is 12.0. The van der Waals surface area contributed by atoms with Crippen LogP contribution in [0.15, 0.2) is 40.4 Å². The number of thiophene rings is 1. The molecule has 1 aromatic heterocycles. The van der Waals surface area contributed by atoms with Gasteiger partial charge in [-0.1, -0.05) is 17.7 Å². The van der Waals surface area contributed by atoms with E-state index in [9.17, 15) is 13.2 Å². The van der Waals surface area contributed by atoms with E-state index in [4.69, 9.17) is 11.6 Å². The van der Waals surface area contributed by atoms with E-state index in [-0.39, 0.29) is 35.1 Å². The van der Waals surface area contributed by atoms with Gasteiger partial charge >= 0.3 is 29.6 Å². The molecule has 1 heterocycles. The average molecular weight is 364 g/mol. The van der Waals surface area contributed by atoms with E-state index >= 15 is 0 Å². The minimum atomic E-state index is -3.97. The van der Waals surface area contributed by atoms with Crippen molar-refractivity contribution in [2.45, 2.75) is 6.92 Å². The van der Waals surface area contributed by atoms with E-state index in [0.717, 1.165) is 11.0 Å². The summed E-state index contributed by atoms with van der Waals surface area (Å²) < 4.78 is 26.9. The number of aryl methyl sites for hydroxylation is 1. The summed E-state index contributed by atoms with van der Waals surface area (Å²) >= 11 is 7.24. The van der Waals surface area contributed by atoms with Crippen molar-refractivity contribution < 1.29 is 42.8 Å². The SMILES string of the molecule is Cc1cc(Cl)ccc1C(=O)[N-]S(=O)(=O)/C=C/c1ccsc1.[Na+]. The first-order valence-corrected chi connectivity index (χ1v) is 8.68. The van der Waals surface area contributed by atoms with Gasteiger partial charge in [0.05, 0.1) is 5.91 Å². The summed E-state index contributed by atoms with van der Waals surface area (Å²) in [6, 6.07) is 6.33. The molecule has 0 spiro atoms. The summed E-state index contributed by atoms with van der Waals surface area (Å²) in [7, 11) is -3.97. The average Bonchev–Trinajstić information content (AvgIpc) is 2.88. The quantitative estimate of drug-likeness (QED) is 0.767. The van der Waals surface area contributed by atoms with Crippen molar-refractivity contribution in [2.24, 2.45) is 0 Å². The van der Waals surface area contributed by atoms with Crippen molar-refractivity contribution in [3.8, 4) is 0 Å². The summed E-state index contributed by atoms with van der Waals surface area (Å²) in [5.74, 6) is -0.806. The second kappa shape index (κ2) is 8.29. The Morgan fingerprint density at radius 1 is 1.32 bits per heavy atom. The maximum Gasteiger partial charge on any atom is 1.00 e. The zero-order valence-corrected chi connectivity index (χ0v) is 16.4. The molecule has 0 fully saturated rings. The van der Waals surface area contributed by atoms with Crippen LogP contribution in [0, 0.1) is 6.92 Å². The number of hydrogen-bond donors (Lipinski definition) is 0. The van der Waals surface area contributed by atoms with E-state index < -0.39 is 15.9 Å². The van der Waals surface area contributed by atoms with Gasteiger partial charge in [-0.15, -0.1) is 0 Å². The van der Waals surface area contributed by atoms with Crippen LogP contribution in [0.1, 0.15) is 21.5 Å². The Kier molecular flexibility index (Phi) is 7.31. The van der Waals surface area contributed by atoms with Gasteiger partial charge in [0.15, 0.2) is 0 Å². The number of carbonyl (C=O) groups excluding carboxylic acids is 1. The Labute approximate surface area is 160 Å². The first kappa shape index (κ1) is 19.4. The Morgan fingerprint density at radius 2 is 2.05 bits per heavy atom. The zero-order chi connectivity index (χ0) is 15.5. The van der Waals surface area contributed by atoms with Gasteiger partial charge in [0, 0.05) is 16.0 Å². The monoisotopic (exact) mass is 363 g/mol. The molecule has 2 aromatic rings. The molecule has 1 aromatic carbocycles. The number of hydrogen-bond acceptors (Lipinski definition) is 4. The Bertz CT molecular complexity index is 786. The fourth-order valence-electron chi connectivity index (χ4n) is 1.60. The van der Waals surface area contributed by atoms with Crippen molar-refractivity contribution in [1.82, 2.24) is 0 Å². The molecule has 1 amide bonds. The number of amides is 1. The molecule has 0 bridgehead atoms. The number of carbonyl (C=O) groups is 1. The molecule has 0 aliphatic heterocycles. The Hall–Kier alpha value is -0.630. The Balaban J connectivity index is 0.00000242. The van der Waals surface area contributed by atoms with Gasteiger partial charge in [0.2, 0.25) is 0 Å². The fraction of sp³-hybridized carbons (Fsp3) is 0.0714. The first-order valence-electron chi connectivity index (χ1n) is 5.86. The second-order valence-corrected chi connectivity index (χ2v) is 6.93. The van der Waals surface area contributed by atoms with Crippen molar-refractivity contribution in [1.29, 1.82) is 0 Å². The number of benzene rings is 1. The van der Waals surface area contributed by atoms with Gasteiger partial charge in [-0.3, -0.25) is 0 Å². The molecule has 4 nitrogen and oxygen atoms in total. The summed E-state index contributed by atoms with van der Waals surface area (Å²) in [6.45, 7) is 1.67. The standard InChI is InChI=1S/C14H12ClNO3S2.Na/c1-10-8-12(15)2-3-13(10)14(17)16-21(18,19)7-5-11-4-6-20-9-11;/h2-9H,1H3,(H,16,17);/q;+1/p-1/b7-5+;. The molecule has 0 saturated carbocycles. The normalized spacial score (nSPS) is 11.2. The van der Waals surface area contributed by atoms with Crippen LogP contribution in [0.2, 0.25) is 5.02 Å². The molecule has 8 heteroatoms. The van der Waals surface area contributed by atoms with Crippen molar-refractivity contribution in [2.75, 3.05) is 0 Å². The van der Waals surface area contributed by atoms with Crippen LogP contribution >= 0.6 is 22.9 Å². The van der Waals surface area contributed by atoms with E-state index in [1.807, 2.05) is 5.38 Å². The first-order chi connectivity index (χ1) is 9.87. The summed E-state index contributed by atoms with van der Waals surface area (Å²) in [5, 5.41) is 5.00. The predicted molar refractivity (Wildman–Crippen MR) is 86.2 cm³/mol. The fourth-order valence-corrected chi connectivity index (χ4v) is 3.17. The van der Waals surface area contributed by atoms with Crippen LogP contribution < -0.4 is 29.6 Å². The third kappa shape index (κ3) is 5.53. The number of sulfonamides is 1. The molecule has 22 heavy (non-hydrogen) atoms. The largest absolute Gasteiger partial charge is 1.00 e. The molecule has 0 atom stereocenters. The van der Waals surface area contributed by atoms with Gasteiger partial charge in [0.25, 0.3) is 0 Å². The molecule has 0 N–H and O–H groups in total. The van der Waals surface area contributed by atoms with E-state index in [1.54, 1.807) is 24.4 Å². The molecule has 2 rings (SSSR count). The van der Waals surface area contributed by atoms with Crippen molar-refractivity contribution in [3.05, 3.63) is 66.9 Å². The van der Waals surface area contributed by atoms with Crippen molar-refractivity contribution >= 4 is 44.9 Å². The van der Waals surface area contributed by atoms with Crippen LogP contribution in [-0.4, -0.2) is 14.3 Å². The summed E-state index contributed by atoms with van der Waals surface area (Å²) in [6.07, 6.45) is 1.40. The topological polar surface area (TPSA) is 65.3 Å². The molecule has 0 unspecified atom stereocenters. The van der Waals surface area contributed by atoms with Gasteiger partial charge in [-0.05, 0) is 53.1 Å². The second-order valence-electron chi connectivity index (χ2n) is 4.23. The number of halogens is 1. The van der Waals surface area contributed by atoms with E-state index in [0.29, 0.717) is 10.6 Å². The molecule has 0 aliphatic carbocycles.